The van der Waals surface area contributed by atoms with Gasteiger partial charge in [0, 0.05) is 49.9 Å². The molecule has 12 nitrogen and oxygen atoms in total. The van der Waals surface area contributed by atoms with Gasteiger partial charge >= 0.3 is 0 Å². The standard InChI is InChI=1S/C34H45N5O7/c1-25(2)30(40)14-16-43-18-20-45-22-23-46-21-19-44-17-15-35-31(41)12-13-32(42)39-24-26-8-4-5-9-27(26)34-33(36-37-38(34)3)28-10-6-7-11-29(28)39/h4-11,25H,12-24H2,1-3H3,(H,35,41). The van der Waals surface area contributed by atoms with Crippen molar-refractivity contribution < 1.29 is 33.3 Å². The van der Waals surface area contributed by atoms with Crippen LogP contribution in [-0.4, -0.2) is 92.0 Å². The molecule has 2 amide bonds. The number of carbonyl (C=O) groups is 3. The van der Waals surface area contributed by atoms with Gasteiger partial charge in [0.25, 0.3) is 0 Å². The first-order valence-corrected chi connectivity index (χ1v) is 15.8. The first-order valence-electron chi connectivity index (χ1n) is 15.8. The number of carbonyl (C=O) groups excluding carboxylic acids is 3. The third-order valence-corrected chi connectivity index (χ3v) is 7.57. The molecular formula is C34H45N5O7. The molecule has 3 aromatic rings. The molecule has 0 aliphatic carbocycles. The second kappa shape index (κ2) is 18.2. The topological polar surface area (TPSA) is 134 Å². The number of nitrogens with zero attached hydrogens (tertiary/aromatic N) is 4. The van der Waals surface area contributed by atoms with Gasteiger partial charge < -0.3 is 29.2 Å². The molecule has 0 saturated heterocycles. The van der Waals surface area contributed by atoms with Crippen molar-refractivity contribution in [2.75, 3.05) is 64.3 Å². The maximum atomic E-state index is 13.5. The fraction of sp³-hybridized carbons (Fsp3) is 0.500. The quantitative estimate of drug-likeness (QED) is 0.196. The average Bonchev–Trinajstić information content (AvgIpc) is 3.43. The fourth-order valence-corrected chi connectivity index (χ4v) is 5.05. The summed E-state index contributed by atoms with van der Waals surface area (Å²) in [7, 11) is 1.87. The van der Waals surface area contributed by atoms with E-state index in [0.717, 1.165) is 28.1 Å². The van der Waals surface area contributed by atoms with Crippen molar-refractivity contribution in [3.8, 4) is 22.5 Å². The number of hydrogen-bond acceptors (Lipinski definition) is 9. The maximum Gasteiger partial charge on any atom is 0.227 e. The van der Waals surface area contributed by atoms with Crippen LogP contribution in [0.1, 0.15) is 38.7 Å². The first kappa shape index (κ1) is 34.9. The Morgan fingerprint density at radius 2 is 1.39 bits per heavy atom. The monoisotopic (exact) mass is 635 g/mol. The van der Waals surface area contributed by atoms with E-state index in [2.05, 4.69) is 15.6 Å². The number of para-hydroxylation sites is 1. The minimum Gasteiger partial charge on any atom is -0.379 e. The van der Waals surface area contributed by atoms with Crippen LogP contribution >= 0.6 is 0 Å². The lowest BCUT2D eigenvalue weighted by atomic mass is 9.95. The van der Waals surface area contributed by atoms with Crippen molar-refractivity contribution in [3.63, 3.8) is 0 Å². The molecule has 0 fully saturated rings. The average molecular weight is 636 g/mol. The number of hydrogen-bond donors (Lipinski definition) is 1. The highest BCUT2D eigenvalue weighted by Crippen LogP contribution is 2.40. The molecule has 2 heterocycles. The summed E-state index contributed by atoms with van der Waals surface area (Å²) in [5.74, 6) is -0.116. The molecular weight excluding hydrogens is 590 g/mol. The molecule has 248 valence electrons. The van der Waals surface area contributed by atoms with Crippen molar-refractivity contribution in [2.45, 2.75) is 39.7 Å². The molecule has 46 heavy (non-hydrogen) atoms. The van der Waals surface area contributed by atoms with Gasteiger partial charge in [-0.1, -0.05) is 61.5 Å². The predicted octanol–water partition coefficient (Wildman–Crippen LogP) is 3.57. The molecule has 1 aliphatic rings. The van der Waals surface area contributed by atoms with Gasteiger partial charge in [-0.05, 0) is 11.6 Å². The zero-order chi connectivity index (χ0) is 32.7. The van der Waals surface area contributed by atoms with Crippen molar-refractivity contribution in [2.24, 2.45) is 13.0 Å². The highest BCUT2D eigenvalue weighted by Gasteiger charge is 2.28. The third-order valence-electron chi connectivity index (χ3n) is 7.57. The molecule has 1 N–H and O–H groups in total. The summed E-state index contributed by atoms with van der Waals surface area (Å²) in [5.41, 5.74) is 5.14. The molecule has 2 aromatic carbocycles. The van der Waals surface area contributed by atoms with Crippen LogP contribution in [0.2, 0.25) is 0 Å². The normalized spacial score (nSPS) is 12.2. The van der Waals surface area contributed by atoms with Gasteiger partial charge in [0.15, 0.2) is 0 Å². The number of nitrogens with one attached hydrogen (secondary N) is 1. The number of fused-ring (bicyclic) bond motifs is 5. The Hall–Kier alpha value is -3.97. The van der Waals surface area contributed by atoms with Gasteiger partial charge in [-0.2, -0.15) is 0 Å². The number of Topliss-reactive ketones (excluding diaryl/α,β-unsaturated/α-hetero) is 1. The van der Waals surface area contributed by atoms with E-state index in [1.54, 1.807) is 9.58 Å². The molecule has 4 rings (SSSR count). The Labute approximate surface area is 270 Å². The third kappa shape index (κ3) is 10.0. The van der Waals surface area contributed by atoms with Crippen LogP contribution in [0.25, 0.3) is 22.5 Å². The van der Waals surface area contributed by atoms with Crippen molar-refractivity contribution in [1.29, 1.82) is 0 Å². The lowest BCUT2D eigenvalue weighted by Crippen LogP contribution is -2.34. The number of benzene rings is 2. The van der Waals surface area contributed by atoms with E-state index in [4.69, 9.17) is 18.9 Å². The molecule has 0 spiro atoms. The fourth-order valence-electron chi connectivity index (χ4n) is 5.05. The predicted molar refractivity (Wildman–Crippen MR) is 173 cm³/mol. The van der Waals surface area contributed by atoms with E-state index >= 15 is 0 Å². The van der Waals surface area contributed by atoms with Crippen LogP contribution in [-0.2, 0) is 46.9 Å². The second-order valence-corrected chi connectivity index (χ2v) is 11.2. The van der Waals surface area contributed by atoms with Crippen LogP contribution in [0.4, 0.5) is 5.69 Å². The Bertz CT molecular complexity index is 1440. The number of aryl methyl sites for hydroxylation is 1. The lowest BCUT2D eigenvalue weighted by molar-refractivity contribution is -0.125. The summed E-state index contributed by atoms with van der Waals surface area (Å²) in [5, 5.41) is 11.5. The van der Waals surface area contributed by atoms with Gasteiger partial charge in [-0.25, -0.2) is 4.68 Å². The number of ether oxygens (including phenoxy) is 4. The number of ketones is 1. The van der Waals surface area contributed by atoms with Crippen LogP contribution in [0.3, 0.4) is 0 Å². The van der Waals surface area contributed by atoms with E-state index in [1.165, 1.54) is 0 Å². The molecule has 0 atom stereocenters. The van der Waals surface area contributed by atoms with Crippen molar-refractivity contribution in [3.05, 3.63) is 54.1 Å². The van der Waals surface area contributed by atoms with Crippen molar-refractivity contribution in [1.82, 2.24) is 20.3 Å². The van der Waals surface area contributed by atoms with E-state index in [0.29, 0.717) is 78.1 Å². The molecule has 0 unspecified atom stereocenters. The SMILES string of the molecule is CC(C)C(=O)CCOCCOCCOCCOCCNC(=O)CCC(=O)N1Cc2ccccc2-c2c(nnn2C)-c2ccccc21. The smallest absolute Gasteiger partial charge is 0.227 e. The van der Waals surface area contributed by atoms with E-state index in [-0.39, 0.29) is 36.4 Å². The summed E-state index contributed by atoms with van der Waals surface area (Å²) in [6.45, 7) is 7.82. The second-order valence-electron chi connectivity index (χ2n) is 11.2. The van der Waals surface area contributed by atoms with E-state index < -0.39 is 0 Å². The number of amides is 2. The van der Waals surface area contributed by atoms with E-state index in [1.807, 2.05) is 69.4 Å². The zero-order valence-corrected chi connectivity index (χ0v) is 27.0. The van der Waals surface area contributed by atoms with Gasteiger partial charge in [-0.15, -0.1) is 5.10 Å². The van der Waals surface area contributed by atoms with Crippen molar-refractivity contribution >= 4 is 23.3 Å². The van der Waals surface area contributed by atoms with E-state index in [9.17, 15) is 14.4 Å². The Morgan fingerprint density at radius 3 is 2.09 bits per heavy atom. The molecule has 1 aromatic heterocycles. The van der Waals surface area contributed by atoms with Crippen LogP contribution < -0.4 is 10.2 Å². The van der Waals surface area contributed by atoms with Gasteiger partial charge in [0.1, 0.15) is 11.5 Å². The largest absolute Gasteiger partial charge is 0.379 e. The minimum atomic E-state index is -0.210. The summed E-state index contributed by atoms with van der Waals surface area (Å²) < 4.78 is 23.6. The molecule has 0 saturated carbocycles. The number of rotatable bonds is 19. The molecule has 0 radical (unpaired) electrons. The Balaban J connectivity index is 1.10. The van der Waals surface area contributed by atoms with Crippen LogP contribution in [0.15, 0.2) is 48.5 Å². The lowest BCUT2D eigenvalue weighted by Gasteiger charge is -2.28. The van der Waals surface area contributed by atoms with Crippen LogP contribution in [0, 0.1) is 5.92 Å². The number of anilines is 1. The molecule has 12 heteroatoms. The maximum absolute atomic E-state index is 13.5. The summed E-state index contributed by atoms with van der Waals surface area (Å²) in [6.07, 6.45) is 0.567. The molecule has 1 aliphatic heterocycles. The molecule has 0 bridgehead atoms. The zero-order valence-electron chi connectivity index (χ0n) is 27.0. The van der Waals surface area contributed by atoms with Gasteiger partial charge in [0.05, 0.1) is 70.8 Å². The Kier molecular flexibility index (Phi) is 13.8. The highest BCUT2D eigenvalue weighted by molar-refractivity contribution is 6.01. The van der Waals surface area contributed by atoms with Crippen LogP contribution in [0.5, 0.6) is 0 Å². The van der Waals surface area contributed by atoms with Gasteiger partial charge in [-0.3, -0.25) is 14.4 Å². The summed E-state index contributed by atoms with van der Waals surface area (Å²) >= 11 is 0. The summed E-state index contributed by atoms with van der Waals surface area (Å²) in [6, 6.07) is 15.6. The first-order chi connectivity index (χ1) is 22.4. The Morgan fingerprint density at radius 1 is 0.783 bits per heavy atom. The highest BCUT2D eigenvalue weighted by atomic mass is 16.6. The minimum absolute atomic E-state index is 0.0394. The summed E-state index contributed by atoms with van der Waals surface area (Å²) in [4.78, 5) is 39.3. The van der Waals surface area contributed by atoms with Gasteiger partial charge in [0.2, 0.25) is 11.8 Å². The number of aromatic nitrogens is 3.